The maximum absolute atomic E-state index is 11.0. The van der Waals surface area contributed by atoms with Gasteiger partial charge in [-0.05, 0) is 26.2 Å². The molecule has 0 aliphatic carbocycles. The number of ether oxygens (including phenoxy) is 1. The highest BCUT2D eigenvalue weighted by atomic mass is 16.5. The molecule has 0 aromatic carbocycles. The predicted molar refractivity (Wildman–Crippen MR) is 70.1 cm³/mol. The molecule has 3 heteroatoms. The molecule has 0 aromatic rings. The van der Waals surface area contributed by atoms with Crippen LogP contribution in [0.5, 0.6) is 0 Å². The first kappa shape index (κ1) is 16.2. The molecule has 3 nitrogen and oxygen atoms in total. The van der Waals surface area contributed by atoms with Gasteiger partial charge in [0.05, 0.1) is 12.0 Å². The van der Waals surface area contributed by atoms with Crippen LogP contribution in [-0.4, -0.2) is 24.3 Å². The number of aliphatic carboxylic acids is 1. The number of methoxy groups -OCH3 is 1. The molecule has 0 heterocycles. The van der Waals surface area contributed by atoms with Crippen molar-refractivity contribution in [3.05, 3.63) is 12.7 Å². The van der Waals surface area contributed by atoms with Gasteiger partial charge in [0.1, 0.15) is 0 Å². The second-order valence-electron chi connectivity index (χ2n) is 4.52. The molecule has 0 aliphatic rings. The molecule has 0 radical (unpaired) electrons. The van der Waals surface area contributed by atoms with E-state index < -0.39 is 5.97 Å². The standard InChI is InChI=1S/C14H26O3/c1-4-5-6-7-8-9-10-11-13(14(15)16)12(2)17-3/h4,12-13H,1,5-11H2,2-3H3,(H,15,16). The van der Waals surface area contributed by atoms with Gasteiger partial charge in [-0.2, -0.15) is 0 Å². The Morgan fingerprint density at radius 2 is 1.88 bits per heavy atom. The highest BCUT2D eigenvalue weighted by molar-refractivity contribution is 5.70. The molecule has 0 bridgehead atoms. The third kappa shape index (κ3) is 7.97. The summed E-state index contributed by atoms with van der Waals surface area (Å²) < 4.78 is 5.09. The van der Waals surface area contributed by atoms with E-state index in [4.69, 9.17) is 9.84 Å². The molecule has 0 aliphatic heterocycles. The molecule has 0 rings (SSSR count). The Morgan fingerprint density at radius 1 is 1.29 bits per heavy atom. The van der Waals surface area contributed by atoms with Crippen molar-refractivity contribution in [2.24, 2.45) is 5.92 Å². The van der Waals surface area contributed by atoms with Crippen molar-refractivity contribution >= 4 is 5.97 Å². The van der Waals surface area contributed by atoms with Crippen molar-refractivity contribution in [3.63, 3.8) is 0 Å². The normalized spacial score (nSPS) is 14.2. The lowest BCUT2D eigenvalue weighted by Crippen LogP contribution is -2.27. The van der Waals surface area contributed by atoms with Crippen LogP contribution >= 0.6 is 0 Å². The Morgan fingerprint density at radius 3 is 2.41 bits per heavy atom. The number of allylic oxidation sites excluding steroid dienone is 1. The minimum atomic E-state index is -0.744. The monoisotopic (exact) mass is 242 g/mol. The van der Waals surface area contributed by atoms with Crippen LogP contribution in [0.2, 0.25) is 0 Å². The third-order valence-electron chi connectivity index (χ3n) is 3.18. The van der Waals surface area contributed by atoms with E-state index in [0.717, 1.165) is 19.3 Å². The fourth-order valence-electron chi connectivity index (χ4n) is 1.91. The summed E-state index contributed by atoms with van der Waals surface area (Å²) in [5.41, 5.74) is 0. The van der Waals surface area contributed by atoms with Crippen LogP contribution in [0.3, 0.4) is 0 Å². The van der Waals surface area contributed by atoms with Crippen molar-refractivity contribution in [1.29, 1.82) is 0 Å². The Hall–Kier alpha value is -0.830. The molecule has 0 saturated heterocycles. The van der Waals surface area contributed by atoms with E-state index >= 15 is 0 Å². The summed E-state index contributed by atoms with van der Waals surface area (Å²) in [6.07, 6.45) is 9.21. The van der Waals surface area contributed by atoms with Gasteiger partial charge in [0.2, 0.25) is 0 Å². The van der Waals surface area contributed by atoms with Crippen molar-refractivity contribution in [1.82, 2.24) is 0 Å². The van der Waals surface area contributed by atoms with Gasteiger partial charge in [-0.15, -0.1) is 6.58 Å². The van der Waals surface area contributed by atoms with Crippen LogP contribution in [0.25, 0.3) is 0 Å². The number of carbonyl (C=O) groups is 1. The van der Waals surface area contributed by atoms with Crippen LogP contribution < -0.4 is 0 Å². The second kappa shape index (κ2) is 10.3. The Balaban J connectivity index is 3.62. The fourth-order valence-corrected chi connectivity index (χ4v) is 1.91. The molecule has 0 fully saturated rings. The average Bonchev–Trinajstić information content (AvgIpc) is 2.31. The minimum absolute atomic E-state index is 0.201. The lowest BCUT2D eigenvalue weighted by atomic mass is 9.96. The first-order chi connectivity index (χ1) is 8.13. The number of carboxylic acids is 1. The van der Waals surface area contributed by atoms with Gasteiger partial charge in [0, 0.05) is 7.11 Å². The molecule has 0 amide bonds. The van der Waals surface area contributed by atoms with Crippen molar-refractivity contribution in [2.45, 2.75) is 58.0 Å². The zero-order valence-corrected chi connectivity index (χ0v) is 11.2. The fraction of sp³-hybridized carbons (Fsp3) is 0.786. The second-order valence-corrected chi connectivity index (χ2v) is 4.52. The summed E-state index contributed by atoms with van der Waals surface area (Å²) in [5, 5.41) is 9.06. The highest BCUT2D eigenvalue weighted by Crippen LogP contribution is 2.17. The first-order valence-electron chi connectivity index (χ1n) is 6.50. The minimum Gasteiger partial charge on any atom is -0.481 e. The number of carboxylic acid groups (broad SMARTS) is 1. The number of hydrogen-bond donors (Lipinski definition) is 1. The zero-order chi connectivity index (χ0) is 13.1. The molecule has 0 saturated carbocycles. The summed E-state index contributed by atoms with van der Waals surface area (Å²) >= 11 is 0. The summed E-state index contributed by atoms with van der Waals surface area (Å²) in [4.78, 5) is 11.0. The molecule has 0 aromatic heterocycles. The molecular formula is C14H26O3. The Kier molecular flexibility index (Phi) is 9.83. The number of hydrogen-bond acceptors (Lipinski definition) is 2. The third-order valence-corrected chi connectivity index (χ3v) is 3.18. The van der Waals surface area contributed by atoms with E-state index in [2.05, 4.69) is 6.58 Å². The largest absolute Gasteiger partial charge is 0.481 e. The van der Waals surface area contributed by atoms with E-state index in [1.165, 1.54) is 19.3 Å². The van der Waals surface area contributed by atoms with Crippen LogP contribution in [-0.2, 0) is 9.53 Å². The molecule has 1 N–H and O–H groups in total. The zero-order valence-electron chi connectivity index (χ0n) is 11.2. The van der Waals surface area contributed by atoms with E-state index in [0.29, 0.717) is 6.42 Å². The van der Waals surface area contributed by atoms with Gasteiger partial charge < -0.3 is 9.84 Å². The summed E-state index contributed by atoms with van der Waals surface area (Å²) in [5.74, 6) is -1.11. The first-order valence-corrected chi connectivity index (χ1v) is 6.50. The smallest absolute Gasteiger partial charge is 0.309 e. The molecular weight excluding hydrogens is 216 g/mol. The number of unbranched alkanes of at least 4 members (excludes halogenated alkanes) is 5. The highest BCUT2D eigenvalue weighted by Gasteiger charge is 2.23. The SMILES string of the molecule is C=CCCCCCCCC(C(=O)O)C(C)OC. The van der Waals surface area contributed by atoms with Crippen molar-refractivity contribution < 1.29 is 14.6 Å². The summed E-state index contributed by atoms with van der Waals surface area (Å²) in [6.45, 7) is 5.51. The van der Waals surface area contributed by atoms with Gasteiger partial charge >= 0.3 is 5.97 Å². The Labute approximate surface area is 105 Å². The van der Waals surface area contributed by atoms with Gasteiger partial charge in [-0.25, -0.2) is 0 Å². The van der Waals surface area contributed by atoms with Crippen LogP contribution in [0.1, 0.15) is 51.9 Å². The van der Waals surface area contributed by atoms with Gasteiger partial charge in [0.15, 0.2) is 0 Å². The van der Waals surface area contributed by atoms with Crippen LogP contribution in [0.4, 0.5) is 0 Å². The molecule has 0 spiro atoms. The van der Waals surface area contributed by atoms with E-state index in [1.54, 1.807) is 7.11 Å². The maximum atomic E-state index is 11.0. The van der Waals surface area contributed by atoms with Gasteiger partial charge in [0.25, 0.3) is 0 Å². The summed E-state index contributed by atoms with van der Waals surface area (Å²) in [7, 11) is 1.57. The van der Waals surface area contributed by atoms with E-state index in [1.807, 2.05) is 13.0 Å². The number of rotatable bonds is 11. The van der Waals surface area contributed by atoms with Crippen molar-refractivity contribution in [2.75, 3.05) is 7.11 Å². The van der Waals surface area contributed by atoms with Crippen LogP contribution in [0.15, 0.2) is 12.7 Å². The lowest BCUT2D eigenvalue weighted by Gasteiger charge is -2.18. The quantitative estimate of drug-likeness (QED) is 0.444. The lowest BCUT2D eigenvalue weighted by molar-refractivity contribution is -0.146. The molecule has 17 heavy (non-hydrogen) atoms. The van der Waals surface area contributed by atoms with Crippen LogP contribution in [0, 0.1) is 5.92 Å². The van der Waals surface area contributed by atoms with E-state index in [-0.39, 0.29) is 12.0 Å². The summed E-state index contributed by atoms with van der Waals surface area (Å²) in [6, 6.07) is 0. The Bertz CT molecular complexity index is 214. The van der Waals surface area contributed by atoms with E-state index in [9.17, 15) is 4.79 Å². The topological polar surface area (TPSA) is 46.5 Å². The molecule has 2 unspecified atom stereocenters. The van der Waals surface area contributed by atoms with Gasteiger partial charge in [-0.3, -0.25) is 4.79 Å². The van der Waals surface area contributed by atoms with Gasteiger partial charge in [-0.1, -0.05) is 31.8 Å². The average molecular weight is 242 g/mol. The van der Waals surface area contributed by atoms with Crippen molar-refractivity contribution in [3.8, 4) is 0 Å². The maximum Gasteiger partial charge on any atom is 0.309 e. The molecule has 100 valence electrons. The molecule has 2 atom stereocenters. The predicted octanol–water partition coefficient (Wildman–Crippen LogP) is 3.64.